The Bertz CT molecular complexity index is 229. The first kappa shape index (κ1) is 12.4. The van der Waals surface area contributed by atoms with Gasteiger partial charge in [0, 0.05) is 19.2 Å². The molecule has 0 spiro atoms. The molecule has 1 heterocycles. The maximum Gasteiger partial charge on any atom is 0.238 e. The number of hydrogen-bond acceptors (Lipinski definition) is 4. The third kappa shape index (κ3) is 2.90. The zero-order chi connectivity index (χ0) is 11.5. The van der Waals surface area contributed by atoms with Crippen molar-refractivity contribution in [3.8, 4) is 0 Å². The largest absolute Gasteiger partial charge is 0.380 e. The van der Waals surface area contributed by atoms with Crippen LogP contribution in [-0.2, 0) is 9.53 Å². The summed E-state index contributed by atoms with van der Waals surface area (Å²) in [6.45, 7) is 3.98. The fourth-order valence-corrected chi connectivity index (χ4v) is 1.78. The molecule has 5 nitrogen and oxygen atoms in total. The molecule has 1 aliphatic rings. The van der Waals surface area contributed by atoms with Crippen molar-refractivity contribution < 1.29 is 9.53 Å². The molecule has 0 aromatic carbocycles. The second-order valence-electron chi connectivity index (χ2n) is 4.38. The molecule has 0 radical (unpaired) electrons. The summed E-state index contributed by atoms with van der Waals surface area (Å²) in [6, 6.07) is 0.400. The Labute approximate surface area is 90.9 Å². The molecule has 0 bridgehead atoms. The molecule has 2 unspecified atom stereocenters. The zero-order valence-corrected chi connectivity index (χ0v) is 9.75. The minimum atomic E-state index is -0.669. The van der Waals surface area contributed by atoms with Crippen molar-refractivity contribution in [1.82, 2.24) is 10.2 Å². The number of ether oxygens (including phenoxy) is 1. The summed E-state index contributed by atoms with van der Waals surface area (Å²) < 4.78 is 5.31. The Hall–Kier alpha value is -0.650. The maximum absolute atomic E-state index is 11.3. The number of nitrogens with zero attached hydrogens (tertiary/aromatic N) is 1. The Morgan fingerprint density at radius 2 is 2.40 bits per heavy atom. The van der Waals surface area contributed by atoms with E-state index >= 15 is 0 Å². The lowest BCUT2D eigenvalue weighted by Crippen LogP contribution is -2.59. The van der Waals surface area contributed by atoms with Gasteiger partial charge in [0.1, 0.15) is 5.54 Å². The van der Waals surface area contributed by atoms with Gasteiger partial charge >= 0.3 is 0 Å². The van der Waals surface area contributed by atoms with Gasteiger partial charge in [0.2, 0.25) is 5.91 Å². The van der Waals surface area contributed by atoms with E-state index in [0.717, 1.165) is 19.6 Å². The summed E-state index contributed by atoms with van der Waals surface area (Å²) in [5.41, 5.74) is 4.70. The predicted octanol–water partition coefficient (Wildman–Crippen LogP) is -0.829. The van der Waals surface area contributed by atoms with E-state index in [2.05, 4.69) is 10.2 Å². The number of carbonyl (C=O) groups excluding carboxylic acids is 1. The van der Waals surface area contributed by atoms with Crippen molar-refractivity contribution in [3.05, 3.63) is 0 Å². The monoisotopic (exact) mass is 215 g/mol. The SMILES string of the molecule is CNC(C)(CN(C)C1CCOC1)C(N)=O. The Morgan fingerprint density at radius 1 is 1.73 bits per heavy atom. The van der Waals surface area contributed by atoms with Crippen LogP contribution in [0.4, 0.5) is 0 Å². The average molecular weight is 215 g/mol. The first-order valence-electron chi connectivity index (χ1n) is 5.26. The molecule has 3 N–H and O–H groups in total. The van der Waals surface area contributed by atoms with E-state index in [1.54, 1.807) is 7.05 Å². The van der Waals surface area contributed by atoms with Crippen LogP contribution >= 0.6 is 0 Å². The quantitative estimate of drug-likeness (QED) is 0.628. The highest BCUT2D eigenvalue weighted by molar-refractivity contribution is 5.84. The second kappa shape index (κ2) is 4.92. The Balaban J connectivity index is 2.54. The number of likely N-dealkylation sites (N-methyl/N-ethyl adjacent to an activating group) is 2. The van der Waals surface area contributed by atoms with Crippen LogP contribution in [0.3, 0.4) is 0 Å². The van der Waals surface area contributed by atoms with Crippen LogP contribution in [0.2, 0.25) is 0 Å². The van der Waals surface area contributed by atoms with E-state index in [1.807, 2.05) is 14.0 Å². The molecular weight excluding hydrogens is 194 g/mol. The van der Waals surface area contributed by atoms with E-state index in [1.165, 1.54) is 0 Å². The van der Waals surface area contributed by atoms with E-state index in [0.29, 0.717) is 12.6 Å². The third-order valence-corrected chi connectivity index (χ3v) is 3.19. The molecule has 0 aromatic heterocycles. The van der Waals surface area contributed by atoms with Gasteiger partial charge in [-0.05, 0) is 27.4 Å². The Kier molecular flexibility index (Phi) is 4.07. The van der Waals surface area contributed by atoms with Gasteiger partial charge in [-0.3, -0.25) is 9.69 Å². The number of amides is 1. The lowest BCUT2D eigenvalue weighted by atomic mass is 10.0. The molecule has 0 aliphatic carbocycles. The lowest BCUT2D eigenvalue weighted by Gasteiger charge is -2.33. The van der Waals surface area contributed by atoms with Gasteiger partial charge < -0.3 is 15.8 Å². The number of nitrogens with two attached hydrogens (primary N) is 1. The van der Waals surface area contributed by atoms with Gasteiger partial charge in [-0.15, -0.1) is 0 Å². The van der Waals surface area contributed by atoms with Crippen molar-refractivity contribution in [1.29, 1.82) is 0 Å². The highest BCUT2D eigenvalue weighted by atomic mass is 16.5. The molecule has 0 saturated carbocycles. The minimum absolute atomic E-state index is 0.323. The summed E-state index contributed by atoms with van der Waals surface area (Å²) in [7, 11) is 3.75. The van der Waals surface area contributed by atoms with Crippen molar-refractivity contribution in [3.63, 3.8) is 0 Å². The summed E-state index contributed by atoms with van der Waals surface area (Å²) in [6.07, 6.45) is 1.02. The van der Waals surface area contributed by atoms with E-state index in [4.69, 9.17) is 10.5 Å². The molecule has 1 amide bonds. The fraction of sp³-hybridized carbons (Fsp3) is 0.900. The van der Waals surface area contributed by atoms with Gasteiger partial charge in [-0.1, -0.05) is 0 Å². The van der Waals surface area contributed by atoms with Gasteiger partial charge in [0.05, 0.1) is 6.61 Å². The molecular formula is C10H21N3O2. The first-order chi connectivity index (χ1) is 6.99. The second-order valence-corrected chi connectivity index (χ2v) is 4.38. The zero-order valence-electron chi connectivity index (χ0n) is 9.75. The lowest BCUT2D eigenvalue weighted by molar-refractivity contribution is -0.124. The molecule has 88 valence electrons. The van der Waals surface area contributed by atoms with Crippen LogP contribution in [0.5, 0.6) is 0 Å². The smallest absolute Gasteiger partial charge is 0.238 e. The molecule has 1 aliphatic heterocycles. The van der Waals surface area contributed by atoms with Crippen molar-refractivity contribution >= 4 is 5.91 Å². The molecule has 0 aromatic rings. The summed E-state index contributed by atoms with van der Waals surface area (Å²) in [4.78, 5) is 13.4. The number of nitrogens with one attached hydrogen (secondary N) is 1. The summed E-state index contributed by atoms with van der Waals surface area (Å²) in [5.74, 6) is -0.323. The topological polar surface area (TPSA) is 67.6 Å². The van der Waals surface area contributed by atoms with Gasteiger partial charge in [-0.25, -0.2) is 0 Å². The van der Waals surface area contributed by atoms with E-state index in [9.17, 15) is 4.79 Å². The van der Waals surface area contributed by atoms with Crippen LogP contribution in [0.1, 0.15) is 13.3 Å². The number of primary amides is 1. The number of hydrogen-bond donors (Lipinski definition) is 2. The van der Waals surface area contributed by atoms with Crippen LogP contribution in [0.25, 0.3) is 0 Å². The Morgan fingerprint density at radius 3 is 2.80 bits per heavy atom. The van der Waals surface area contributed by atoms with Crippen LogP contribution in [0.15, 0.2) is 0 Å². The third-order valence-electron chi connectivity index (χ3n) is 3.19. The average Bonchev–Trinajstić information content (AvgIpc) is 2.70. The predicted molar refractivity (Wildman–Crippen MR) is 58.5 cm³/mol. The molecule has 5 heteroatoms. The van der Waals surface area contributed by atoms with Crippen LogP contribution < -0.4 is 11.1 Å². The standard InChI is InChI=1S/C10H21N3O2/c1-10(12-2,9(11)14)7-13(3)8-4-5-15-6-8/h8,12H,4-7H2,1-3H3,(H2,11,14). The molecule has 1 rings (SSSR count). The van der Waals surface area contributed by atoms with Crippen molar-refractivity contribution in [2.45, 2.75) is 24.9 Å². The van der Waals surface area contributed by atoms with Gasteiger partial charge in [0.15, 0.2) is 0 Å². The normalized spacial score (nSPS) is 25.5. The highest BCUT2D eigenvalue weighted by Gasteiger charge is 2.33. The molecule has 15 heavy (non-hydrogen) atoms. The fourth-order valence-electron chi connectivity index (χ4n) is 1.78. The van der Waals surface area contributed by atoms with Gasteiger partial charge in [0.25, 0.3) is 0 Å². The molecule has 2 atom stereocenters. The van der Waals surface area contributed by atoms with Crippen molar-refractivity contribution in [2.75, 3.05) is 33.9 Å². The van der Waals surface area contributed by atoms with Crippen LogP contribution in [-0.4, -0.2) is 56.2 Å². The van der Waals surface area contributed by atoms with Gasteiger partial charge in [-0.2, -0.15) is 0 Å². The highest BCUT2D eigenvalue weighted by Crippen LogP contribution is 2.14. The first-order valence-corrected chi connectivity index (χ1v) is 5.26. The molecule has 1 saturated heterocycles. The maximum atomic E-state index is 11.3. The molecule has 1 fully saturated rings. The number of rotatable bonds is 5. The summed E-state index contributed by atoms with van der Waals surface area (Å²) in [5, 5.41) is 2.98. The number of carbonyl (C=O) groups is 1. The van der Waals surface area contributed by atoms with E-state index in [-0.39, 0.29) is 5.91 Å². The summed E-state index contributed by atoms with van der Waals surface area (Å²) >= 11 is 0. The minimum Gasteiger partial charge on any atom is -0.380 e. The van der Waals surface area contributed by atoms with E-state index < -0.39 is 5.54 Å². The van der Waals surface area contributed by atoms with Crippen molar-refractivity contribution in [2.24, 2.45) is 5.73 Å². The van der Waals surface area contributed by atoms with Crippen LogP contribution in [0, 0.1) is 0 Å².